The Hall–Kier alpha value is -3.10. The Kier molecular flexibility index (Phi) is 6.70. The summed E-state index contributed by atoms with van der Waals surface area (Å²) in [7, 11) is -8.26. The highest BCUT2D eigenvalue weighted by molar-refractivity contribution is 7.92. The number of sulfone groups is 1. The number of fused-ring (bicyclic) bond motifs is 1. The van der Waals surface area contributed by atoms with Gasteiger partial charge in [0.15, 0.2) is 15.6 Å². The van der Waals surface area contributed by atoms with Crippen molar-refractivity contribution in [3.8, 4) is 6.07 Å². The number of carbonyl (C=O) groups excluding carboxylic acids is 2. The number of Topliss-reactive ketones (excluding diaryl/α,β-unsaturated/α-hetero) is 1. The molecule has 2 aromatic rings. The van der Waals surface area contributed by atoms with E-state index in [1.807, 2.05) is 19.9 Å². The van der Waals surface area contributed by atoms with Crippen LogP contribution < -0.4 is 4.72 Å². The molecule has 0 fully saturated rings. The van der Waals surface area contributed by atoms with E-state index in [1.165, 1.54) is 6.07 Å². The van der Waals surface area contributed by atoms with Crippen molar-refractivity contribution in [3.63, 3.8) is 0 Å². The molecule has 8 nitrogen and oxygen atoms in total. The molecule has 1 aliphatic rings. The summed E-state index contributed by atoms with van der Waals surface area (Å²) >= 11 is 0. The molecule has 0 spiro atoms. The van der Waals surface area contributed by atoms with Gasteiger partial charge in [0.05, 0.1) is 16.0 Å². The van der Waals surface area contributed by atoms with Crippen molar-refractivity contribution in [2.45, 2.75) is 55.7 Å². The van der Waals surface area contributed by atoms with Crippen LogP contribution in [0.2, 0.25) is 0 Å². The standard InChI is InChI=1S/C23H23FN2O6S2/c1-12(2)17-7-14(10-25)22(24)21(13(3)4)18(17)8-15(27)11-33(29,30)16-5-6-20-19(9-16)23(28)26-34(20,31)32/h5-7,9,12-13H,8,11H2,1-4H3,(H,26,28). The van der Waals surface area contributed by atoms with Crippen LogP contribution in [0.4, 0.5) is 4.39 Å². The van der Waals surface area contributed by atoms with Gasteiger partial charge in [-0.1, -0.05) is 27.7 Å². The molecule has 11 heteroatoms. The zero-order chi connectivity index (χ0) is 25.6. The van der Waals surface area contributed by atoms with Gasteiger partial charge in [-0.25, -0.2) is 25.9 Å². The van der Waals surface area contributed by atoms with E-state index in [9.17, 15) is 36.1 Å². The number of ketones is 1. The summed E-state index contributed by atoms with van der Waals surface area (Å²) in [6, 6.07) is 6.18. The van der Waals surface area contributed by atoms with Gasteiger partial charge >= 0.3 is 0 Å². The van der Waals surface area contributed by atoms with Crippen LogP contribution in [0.3, 0.4) is 0 Å². The molecule has 0 atom stereocenters. The lowest BCUT2D eigenvalue weighted by atomic mass is 9.84. The number of nitrogens with one attached hydrogen (secondary N) is 1. The highest BCUT2D eigenvalue weighted by atomic mass is 32.2. The van der Waals surface area contributed by atoms with Gasteiger partial charge in [0.2, 0.25) is 0 Å². The summed E-state index contributed by atoms with van der Waals surface area (Å²) in [6.45, 7) is 7.09. The van der Waals surface area contributed by atoms with Gasteiger partial charge in [-0.15, -0.1) is 0 Å². The van der Waals surface area contributed by atoms with Crippen LogP contribution in [-0.2, 0) is 31.1 Å². The number of nitrogens with zero attached hydrogens (tertiary/aromatic N) is 1. The monoisotopic (exact) mass is 506 g/mol. The van der Waals surface area contributed by atoms with Crippen LogP contribution in [0.15, 0.2) is 34.1 Å². The summed E-state index contributed by atoms with van der Waals surface area (Å²) in [4.78, 5) is 24.1. The number of benzene rings is 2. The van der Waals surface area contributed by atoms with Crippen LogP contribution in [-0.4, -0.2) is 34.3 Å². The Morgan fingerprint density at radius 2 is 1.79 bits per heavy atom. The molecule has 1 heterocycles. The third kappa shape index (κ3) is 4.60. The number of carbonyl (C=O) groups is 2. The molecule has 34 heavy (non-hydrogen) atoms. The van der Waals surface area contributed by atoms with E-state index in [-0.39, 0.29) is 44.7 Å². The third-order valence-corrected chi connectivity index (χ3v) is 8.63. The van der Waals surface area contributed by atoms with Gasteiger partial charge in [-0.05, 0) is 52.8 Å². The first kappa shape index (κ1) is 25.5. The zero-order valence-corrected chi connectivity index (χ0v) is 20.6. The molecule has 180 valence electrons. The van der Waals surface area contributed by atoms with E-state index >= 15 is 0 Å². The number of hydrogen-bond donors (Lipinski definition) is 1. The van der Waals surface area contributed by atoms with Crippen LogP contribution in [0.1, 0.15) is 72.1 Å². The van der Waals surface area contributed by atoms with Crippen LogP contribution in [0, 0.1) is 17.1 Å². The lowest BCUT2D eigenvalue weighted by Crippen LogP contribution is -2.21. The normalized spacial score (nSPS) is 14.7. The first-order valence-electron chi connectivity index (χ1n) is 10.4. The van der Waals surface area contributed by atoms with Gasteiger partial charge in [0.25, 0.3) is 15.9 Å². The van der Waals surface area contributed by atoms with E-state index in [4.69, 9.17) is 0 Å². The van der Waals surface area contributed by atoms with Crippen molar-refractivity contribution in [1.29, 1.82) is 5.26 Å². The summed E-state index contributed by atoms with van der Waals surface area (Å²) in [6.07, 6.45) is -0.358. The number of sulfonamides is 1. The van der Waals surface area contributed by atoms with E-state index < -0.39 is 43.1 Å². The number of hydrogen-bond acceptors (Lipinski definition) is 7. The Labute approximate surface area is 197 Å². The van der Waals surface area contributed by atoms with Gasteiger partial charge in [0.1, 0.15) is 22.5 Å². The number of rotatable bonds is 7. The minimum absolute atomic E-state index is 0.136. The van der Waals surface area contributed by atoms with Crippen molar-refractivity contribution >= 4 is 31.6 Å². The van der Waals surface area contributed by atoms with E-state index in [0.29, 0.717) is 11.1 Å². The molecular weight excluding hydrogens is 483 g/mol. The van der Waals surface area contributed by atoms with E-state index in [2.05, 4.69) is 0 Å². The van der Waals surface area contributed by atoms with Gasteiger partial charge < -0.3 is 0 Å². The van der Waals surface area contributed by atoms with Gasteiger partial charge in [0, 0.05) is 6.42 Å². The maximum absolute atomic E-state index is 15.0. The molecule has 2 aromatic carbocycles. The second kappa shape index (κ2) is 8.92. The quantitative estimate of drug-likeness (QED) is 0.609. The third-order valence-electron chi connectivity index (χ3n) is 5.56. The largest absolute Gasteiger partial charge is 0.298 e. The lowest BCUT2D eigenvalue weighted by Gasteiger charge is -2.21. The highest BCUT2D eigenvalue weighted by Gasteiger charge is 2.34. The maximum atomic E-state index is 15.0. The highest BCUT2D eigenvalue weighted by Crippen LogP contribution is 2.33. The molecule has 0 bridgehead atoms. The van der Waals surface area contributed by atoms with Crippen molar-refractivity contribution in [3.05, 3.63) is 57.9 Å². The van der Waals surface area contributed by atoms with Crippen molar-refractivity contribution in [2.75, 3.05) is 5.75 Å². The smallest absolute Gasteiger partial charge is 0.266 e. The first-order valence-corrected chi connectivity index (χ1v) is 13.5. The Morgan fingerprint density at radius 1 is 1.15 bits per heavy atom. The van der Waals surface area contributed by atoms with Crippen LogP contribution >= 0.6 is 0 Å². The minimum atomic E-state index is -4.22. The molecule has 0 unspecified atom stereocenters. The van der Waals surface area contributed by atoms with Gasteiger partial charge in [-0.3, -0.25) is 9.59 Å². The second-order valence-corrected chi connectivity index (χ2v) is 12.3. The topological polar surface area (TPSA) is 138 Å². The average Bonchev–Trinajstić information content (AvgIpc) is 2.95. The summed E-state index contributed by atoms with van der Waals surface area (Å²) in [5.74, 6) is -3.81. The summed E-state index contributed by atoms with van der Waals surface area (Å²) in [5.41, 5.74) is 0.704. The average molecular weight is 507 g/mol. The molecule has 1 aliphatic heterocycles. The van der Waals surface area contributed by atoms with Crippen molar-refractivity contribution in [1.82, 2.24) is 4.72 Å². The first-order chi connectivity index (χ1) is 15.7. The van der Waals surface area contributed by atoms with Gasteiger partial charge in [-0.2, -0.15) is 5.26 Å². The fourth-order valence-corrected chi connectivity index (χ4v) is 6.44. The second-order valence-electron chi connectivity index (χ2n) is 8.71. The molecule has 0 aliphatic carbocycles. The predicted octanol–water partition coefficient (Wildman–Crippen LogP) is 2.96. The fourth-order valence-electron chi connectivity index (χ4n) is 4.02. The Balaban J connectivity index is 1.98. The number of halogens is 1. The zero-order valence-electron chi connectivity index (χ0n) is 19.0. The van der Waals surface area contributed by atoms with E-state index in [1.54, 1.807) is 18.6 Å². The number of nitriles is 1. The maximum Gasteiger partial charge on any atom is 0.266 e. The molecular formula is C23H23FN2O6S2. The molecule has 0 saturated carbocycles. The van der Waals surface area contributed by atoms with Crippen molar-refractivity contribution in [2.24, 2.45) is 0 Å². The Bertz CT molecular complexity index is 1470. The molecule has 0 saturated heterocycles. The van der Waals surface area contributed by atoms with Crippen LogP contribution in [0.5, 0.6) is 0 Å². The van der Waals surface area contributed by atoms with Crippen LogP contribution in [0.25, 0.3) is 0 Å². The summed E-state index contributed by atoms with van der Waals surface area (Å²) in [5, 5.41) is 9.30. The molecule has 0 radical (unpaired) electrons. The minimum Gasteiger partial charge on any atom is -0.298 e. The molecule has 1 amide bonds. The SMILES string of the molecule is CC(C)c1cc(C#N)c(F)c(C(C)C)c1CC(=O)CS(=O)(=O)c1ccc2c(c1)C(=O)NS2(=O)=O. The molecule has 3 rings (SSSR count). The lowest BCUT2D eigenvalue weighted by molar-refractivity contribution is -0.116. The van der Waals surface area contributed by atoms with Crippen molar-refractivity contribution < 1.29 is 30.8 Å². The predicted molar refractivity (Wildman–Crippen MR) is 121 cm³/mol. The Morgan fingerprint density at radius 3 is 2.35 bits per heavy atom. The number of amides is 1. The molecule has 1 N–H and O–H groups in total. The van der Waals surface area contributed by atoms with E-state index in [0.717, 1.165) is 18.2 Å². The fraction of sp³-hybridized carbons (Fsp3) is 0.348. The molecule has 0 aromatic heterocycles. The summed E-state index contributed by atoms with van der Waals surface area (Å²) < 4.78 is 66.2.